The van der Waals surface area contributed by atoms with Crippen LogP contribution in [0.3, 0.4) is 0 Å². The van der Waals surface area contributed by atoms with Crippen molar-refractivity contribution in [3.63, 3.8) is 0 Å². The van der Waals surface area contributed by atoms with Gasteiger partial charge in [-0.1, -0.05) is 6.07 Å². The Balaban J connectivity index is 2.26. The number of hydrogen-bond donors (Lipinski definition) is 1. The summed E-state index contributed by atoms with van der Waals surface area (Å²) in [4.78, 5) is 4.00. The molecule has 0 aliphatic rings. The van der Waals surface area contributed by atoms with Crippen molar-refractivity contribution in [2.75, 3.05) is 5.73 Å². The zero-order valence-corrected chi connectivity index (χ0v) is 8.47. The van der Waals surface area contributed by atoms with Gasteiger partial charge in [0, 0.05) is 29.7 Å². The van der Waals surface area contributed by atoms with Gasteiger partial charge in [0.05, 0.1) is 0 Å². The Morgan fingerprint density at radius 1 is 1.27 bits per heavy atom. The lowest BCUT2D eigenvalue weighted by atomic mass is 10.3. The molecule has 3 nitrogen and oxygen atoms in total. The van der Waals surface area contributed by atoms with Crippen LogP contribution < -0.4 is 10.5 Å². The lowest BCUT2D eigenvalue weighted by molar-refractivity contribution is 0.478. The molecule has 0 unspecified atom stereocenters. The van der Waals surface area contributed by atoms with Gasteiger partial charge in [-0.25, -0.2) is 0 Å². The number of ether oxygens (including phenoxy) is 1. The highest BCUT2D eigenvalue weighted by Gasteiger charge is 2.00. The molecule has 0 spiro atoms. The summed E-state index contributed by atoms with van der Waals surface area (Å²) < 4.78 is 5.67. The molecule has 0 aliphatic carbocycles. The van der Waals surface area contributed by atoms with Gasteiger partial charge in [-0.3, -0.25) is 4.98 Å². The van der Waals surface area contributed by atoms with Crippen molar-refractivity contribution in [3.8, 4) is 11.5 Å². The third-order valence-electron chi connectivity index (χ3n) is 2.05. The number of benzene rings is 1. The summed E-state index contributed by atoms with van der Waals surface area (Å²) in [7, 11) is 0. The first-order valence-corrected chi connectivity index (χ1v) is 4.70. The third-order valence-corrected chi connectivity index (χ3v) is 2.05. The maximum absolute atomic E-state index is 5.67. The van der Waals surface area contributed by atoms with Gasteiger partial charge in [0.1, 0.15) is 11.5 Å². The Kier molecular flexibility index (Phi) is 2.54. The molecular formula is C12H12N2O. The van der Waals surface area contributed by atoms with Crippen molar-refractivity contribution in [3.05, 3.63) is 48.3 Å². The Hall–Kier alpha value is -2.03. The molecule has 2 aromatic rings. The van der Waals surface area contributed by atoms with Crippen LogP contribution in [0.5, 0.6) is 11.5 Å². The number of aryl methyl sites for hydroxylation is 1. The molecule has 0 radical (unpaired) electrons. The molecule has 0 saturated heterocycles. The SMILES string of the molecule is Cc1cnccc1Oc1cccc(N)c1. The topological polar surface area (TPSA) is 48.1 Å². The summed E-state index contributed by atoms with van der Waals surface area (Å²) in [6.07, 6.45) is 3.47. The zero-order chi connectivity index (χ0) is 10.7. The lowest BCUT2D eigenvalue weighted by Crippen LogP contribution is -1.90. The number of pyridine rings is 1. The molecular weight excluding hydrogens is 188 g/mol. The number of hydrogen-bond acceptors (Lipinski definition) is 3. The molecule has 1 aromatic heterocycles. The minimum Gasteiger partial charge on any atom is -0.457 e. The second kappa shape index (κ2) is 4.00. The van der Waals surface area contributed by atoms with E-state index >= 15 is 0 Å². The van der Waals surface area contributed by atoms with E-state index in [-0.39, 0.29) is 0 Å². The first-order chi connectivity index (χ1) is 7.25. The van der Waals surface area contributed by atoms with Crippen LogP contribution in [0.2, 0.25) is 0 Å². The molecule has 2 N–H and O–H groups in total. The fourth-order valence-electron chi connectivity index (χ4n) is 1.28. The van der Waals surface area contributed by atoms with Gasteiger partial charge in [0.15, 0.2) is 0 Å². The van der Waals surface area contributed by atoms with E-state index in [1.165, 1.54) is 0 Å². The molecule has 1 aromatic carbocycles. The minimum absolute atomic E-state index is 0.694. The maximum Gasteiger partial charge on any atom is 0.133 e. The van der Waals surface area contributed by atoms with Crippen LogP contribution in [-0.4, -0.2) is 4.98 Å². The van der Waals surface area contributed by atoms with Crippen molar-refractivity contribution in [1.29, 1.82) is 0 Å². The van der Waals surface area contributed by atoms with Gasteiger partial charge < -0.3 is 10.5 Å². The molecule has 1 heterocycles. The number of nitrogens with zero attached hydrogens (tertiary/aromatic N) is 1. The van der Waals surface area contributed by atoms with Crippen LogP contribution in [0.15, 0.2) is 42.7 Å². The van der Waals surface area contributed by atoms with Crippen LogP contribution in [0.4, 0.5) is 5.69 Å². The van der Waals surface area contributed by atoms with E-state index in [4.69, 9.17) is 10.5 Å². The zero-order valence-electron chi connectivity index (χ0n) is 8.47. The van der Waals surface area contributed by atoms with E-state index in [1.54, 1.807) is 18.5 Å². The molecule has 0 bridgehead atoms. The van der Waals surface area contributed by atoms with Crippen molar-refractivity contribution in [2.24, 2.45) is 0 Å². The highest BCUT2D eigenvalue weighted by atomic mass is 16.5. The van der Waals surface area contributed by atoms with Crippen molar-refractivity contribution in [2.45, 2.75) is 6.92 Å². The summed E-state index contributed by atoms with van der Waals surface area (Å²) in [5, 5.41) is 0. The lowest BCUT2D eigenvalue weighted by Gasteiger charge is -2.07. The number of nitrogen functional groups attached to an aromatic ring is 1. The molecule has 76 valence electrons. The van der Waals surface area contributed by atoms with E-state index in [1.807, 2.05) is 31.2 Å². The van der Waals surface area contributed by atoms with Crippen LogP contribution in [-0.2, 0) is 0 Å². The molecule has 2 rings (SSSR count). The Bertz CT molecular complexity index is 469. The second-order valence-corrected chi connectivity index (χ2v) is 3.32. The van der Waals surface area contributed by atoms with Gasteiger partial charge in [-0.15, -0.1) is 0 Å². The average molecular weight is 200 g/mol. The molecule has 3 heteroatoms. The summed E-state index contributed by atoms with van der Waals surface area (Å²) in [5.41, 5.74) is 7.35. The van der Waals surface area contributed by atoms with Gasteiger partial charge in [0.25, 0.3) is 0 Å². The first kappa shape index (κ1) is 9.52. The standard InChI is InChI=1S/C12H12N2O/c1-9-8-14-6-5-12(9)15-11-4-2-3-10(13)7-11/h2-8H,13H2,1H3. The molecule has 0 fully saturated rings. The highest BCUT2D eigenvalue weighted by Crippen LogP contribution is 2.24. The van der Waals surface area contributed by atoms with Crippen LogP contribution in [0.1, 0.15) is 5.56 Å². The van der Waals surface area contributed by atoms with Crippen molar-refractivity contribution < 1.29 is 4.74 Å². The predicted molar refractivity (Wildman–Crippen MR) is 59.9 cm³/mol. The number of anilines is 1. The van der Waals surface area contributed by atoms with Crippen LogP contribution >= 0.6 is 0 Å². The maximum atomic E-state index is 5.67. The average Bonchev–Trinajstić information content (AvgIpc) is 2.22. The van der Waals surface area contributed by atoms with Gasteiger partial charge in [-0.2, -0.15) is 0 Å². The first-order valence-electron chi connectivity index (χ1n) is 4.70. The van der Waals surface area contributed by atoms with E-state index in [2.05, 4.69) is 4.98 Å². The van der Waals surface area contributed by atoms with E-state index < -0.39 is 0 Å². The van der Waals surface area contributed by atoms with Gasteiger partial charge in [0.2, 0.25) is 0 Å². The smallest absolute Gasteiger partial charge is 0.133 e. The summed E-state index contributed by atoms with van der Waals surface area (Å²) >= 11 is 0. The quantitative estimate of drug-likeness (QED) is 0.758. The summed E-state index contributed by atoms with van der Waals surface area (Å²) in [6.45, 7) is 1.95. The van der Waals surface area contributed by atoms with Crippen molar-refractivity contribution >= 4 is 5.69 Å². The molecule has 0 atom stereocenters. The van der Waals surface area contributed by atoms with Crippen molar-refractivity contribution in [1.82, 2.24) is 4.98 Å². The van der Waals surface area contributed by atoms with Crippen LogP contribution in [0.25, 0.3) is 0 Å². The van der Waals surface area contributed by atoms with E-state index in [0.29, 0.717) is 5.69 Å². The fourth-order valence-corrected chi connectivity index (χ4v) is 1.28. The monoisotopic (exact) mass is 200 g/mol. The summed E-state index contributed by atoms with van der Waals surface area (Å²) in [6, 6.07) is 9.18. The van der Waals surface area contributed by atoms with Gasteiger partial charge in [-0.05, 0) is 25.1 Å². The minimum atomic E-state index is 0.694. The van der Waals surface area contributed by atoms with E-state index in [0.717, 1.165) is 17.1 Å². The highest BCUT2D eigenvalue weighted by molar-refractivity contribution is 5.45. The van der Waals surface area contributed by atoms with Crippen LogP contribution in [0, 0.1) is 6.92 Å². The molecule has 0 aliphatic heterocycles. The number of rotatable bonds is 2. The molecule has 0 saturated carbocycles. The number of nitrogens with two attached hydrogens (primary N) is 1. The Morgan fingerprint density at radius 3 is 2.87 bits per heavy atom. The molecule has 0 amide bonds. The predicted octanol–water partition coefficient (Wildman–Crippen LogP) is 2.76. The second-order valence-electron chi connectivity index (χ2n) is 3.32. The third kappa shape index (κ3) is 2.26. The fraction of sp³-hybridized carbons (Fsp3) is 0.0833. The van der Waals surface area contributed by atoms with E-state index in [9.17, 15) is 0 Å². The normalized spacial score (nSPS) is 9.93. The number of aromatic nitrogens is 1. The largest absolute Gasteiger partial charge is 0.457 e. The Labute approximate surface area is 88.5 Å². The van der Waals surface area contributed by atoms with Gasteiger partial charge >= 0.3 is 0 Å². The Morgan fingerprint density at radius 2 is 2.13 bits per heavy atom. The molecule has 15 heavy (non-hydrogen) atoms. The summed E-state index contributed by atoms with van der Waals surface area (Å²) in [5.74, 6) is 1.54.